The van der Waals surface area contributed by atoms with Gasteiger partial charge in [-0.15, -0.1) is 0 Å². The molecule has 1 heterocycles. The van der Waals surface area contributed by atoms with Crippen molar-refractivity contribution in [3.05, 3.63) is 205 Å². The first-order valence-electron chi connectivity index (χ1n) is 18.4. The number of aliphatic imine (C=N–C) groups is 2. The van der Waals surface area contributed by atoms with Gasteiger partial charge in [0.1, 0.15) is 11.2 Å². The number of benzene rings is 9. The monoisotopic (exact) mass is 703 g/mol. The number of nitrogens with one attached hydrogen (secondary N) is 1. The van der Waals surface area contributed by atoms with E-state index in [4.69, 9.17) is 14.4 Å². The minimum Gasteiger partial charge on any atom is -0.456 e. The average Bonchev–Trinajstić information content (AvgIpc) is 3.63. The summed E-state index contributed by atoms with van der Waals surface area (Å²) in [4.78, 5) is 9.87. The molecule has 0 bridgehead atoms. The van der Waals surface area contributed by atoms with Gasteiger partial charge in [-0.3, -0.25) is 5.41 Å². The van der Waals surface area contributed by atoms with Gasteiger partial charge >= 0.3 is 0 Å². The molecule has 0 aliphatic rings. The predicted octanol–water partition coefficient (Wildman–Crippen LogP) is 13.3. The van der Waals surface area contributed by atoms with E-state index in [0.717, 1.165) is 55.1 Å². The molecule has 0 atom stereocenters. The Labute approximate surface area is 317 Å². The highest BCUT2D eigenvalue weighted by Gasteiger charge is 2.16. The van der Waals surface area contributed by atoms with Crippen LogP contribution < -0.4 is 0 Å². The summed E-state index contributed by atoms with van der Waals surface area (Å²) in [5, 5.41) is 18.3. The highest BCUT2D eigenvalue weighted by atomic mass is 16.3. The smallest absolute Gasteiger partial charge is 0.161 e. The van der Waals surface area contributed by atoms with Crippen LogP contribution in [0, 0.1) is 5.41 Å². The van der Waals surface area contributed by atoms with Crippen LogP contribution in [-0.2, 0) is 0 Å². The van der Waals surface area contributed by atoms with E-state index < -0.39 is 0 Å². The zero-order valence-corrected chi connectivity index (χ0v) is 29.8. The number of fused-ring (bicyclic) bond motifs is 6. The predicted molar refractivity (Wildman–Crippen MR) is 231 cm³/mol. The highest BCUT2D eigenvalue weighted by Crippen LogP contribution is 2.35. The maximum Gasteiger partial charge on any atom is 0.161 e. The third kappa shape index (κ3) is 6.16. The molecule has 10 rings (SSSR count). The molecule has 10 aromatic rings. The van der Waals surface area contributed by atoms with E-state index in [1.54, 1.807) is 0 Å². The third-order valence-corrected chi connectivity index (χ3v) is 10.4. The van der Waals surface area contributed by atoms with E-state index in [-0.39, 0.29) is 5.84 Å². The molecule has 0 amide bonds. The van der Waals surface area contributed by atoms with E-state index in [1.807, 2.05) is 48.7 Å². The molecular formula is C51H33N3O. The Hall–Kier alpha value is -7.43. The summed E-state index contributed by atoms with van der Waals surface area (Å²) in [5.41, 5.74) is 8.36. The van der Waals surface area contributed by atoms with Gasteiger partial charge in [-0.25, -0.2) is 9.98 Å². The lowest BCUT2D eigenvalue weighted by Gasteiger charge is -2.08. The number of furan rings is 1. The molecule has 0 aliphatic heterocycles. The van der Waals surface area contributed by atoms with Crippen molar-refractivity contribution in [2.24, 2.45) is 9.98 Å². The van der Waals surface area contributed by atoms with Crippen molar-refractivity contribution in [1.82, 2.24) is 0 Å². The Morgan fingerprint density at radius 2 is 1.00 bits per heavy atom. The molecule has 0 saturated carbocycles. The first-order valence-corrected chi connectivity index (χ1v) is 18.4. The molecule has 9 aromatic carbocycles. The molecular weight excluding hydrogens is 671 g/mol. The molecule has 0 aliphatic carbocycles. The quantitative estimate of drug-likeness (QED) is 0.141. The Morgan fingerprint density at radius 1 is 0.455 bits per heavy atom. The van der Waals surface area contributed by atoms with Crippen LogP contribution in [0.5, 0.6) is 0 Å². The summed E-state index contributed by atoms with van der Waals surface area (Å²) in [7, 11) is 0. The molecule has 55 heavy (non-hydrogen) atoms. The van der Waals surface area contributed by atoms with Crippen LogP contribution in [0.4, 0.5) is 0 Å². The number of nitrogens with zero attached hydrogens (tertiary/aromatic N) is 2. The van der Waals surface area contributed by atoms with Crippen molar-refractivity contribution in [3.63, 3.8) is 0 Å². The summed E-state index contributed by atoms with van der Waals surface area (Å²) >= 11 is 0. The van der Waals surface area contributed by atoms with Gasteiger partial charge in [0, 0.05) is 28.1 Å². The largest absolute Gasteiger partial charge is 0.456 e. The van der Waals surface area contributed by atoms with Crippen molar-refractivity contribution in [3.8, 4) is 22.3 Å². The van der Waals surface area contributed by atoms with Gasteiger partial charge in [0.2, 0.25) is 0 Å². The lowest BCUT2D eigenvalue weighted by atomic mass is 9.99. The first-order chi connectivity index (χ1) is 27.1. The van der Waals surface area contributed by atoms with Crippen molar-refractivity contribution in [1.29, 1.82) is 5.41 Å². The van der Waals surface area contributed by atoms with Gasteiger partial charge in [0.05, 0.1) is 0 Å². The summed E-state index contributed by atoms with van der Waals surface area (Å²) in [6.45, 7) is 0. The van der Waals surface area contributed by atoms with Crippen LogP contribution in [0.15, 0.2) is 202 Å². The fraction of sp³-hybridized carbons (Fsp3) is 0. The Balaban J connectivity index is 1.04. The van der Waals surface area contributed by atoms with Crippen molar-refractivity contribution >= 4 is 72.1 Å². The SMILES string of the molecule is N=C(N=C(N=Cc1ccc2ccccc2c1)c1ccc(-c2ccc3ccccc3c2)cc1)c1cccc2oc3cc(-c4ccc5ccccc5c4)ccc3c12. The Bertz CT molecular complexity index is 3170. The molecule has 0 radical (unpaired) electrons. The standard InChI is InChI=1S/C51H33N3O/c52-50(46-14-7-15-47-49(46)45-27-26-44(31-48(45)55-47)43-25-21-36-10-3-6-13-41(36)30-43)54-51(53-32-33-16-17-34-8-1-4-11-39(34)28-33)38-22-18-37(19-23-38)42-24-20-35-9-2-5-12-40(35)29-42/h1-32,52H. The summed E-state index contributed by atoms with van der Waals surface area (Å²) in [6.07, 6.45) is 1.83. The Kier molecular flexibility index (Phi) is 7.93. The van der Waals surface area contributed by atoms with Gasteiger partial charge < -0.3 is 4.42 Å². The summed E-state index contributed by atoms with van der Waals surface area (Å²) in [6, 6.07) is 64.8. The van der Waals surface area contributed by atoms with E-state index in [0.29, 0.717) is 17.0 Å². The molecule has 0 fully saturated rings. The second-order valence-electron chi connectivity index (χ2n) is 13.8. The second kappa shape index (κ2) is 13.5. The number of hydrogen-bond donors (Lipinski definition) is 1. The zero-order valence-electron chi connectivity index (χ0n) is 29.8. The van der Waals surface area contributed by atoms with Crippen LogP contribution in [0.2, 0.25) is 0 Å². The average molecular weight is 704 g/mol. The van der Waals surface area contributed by atoms with Gasteiger partial charge in [-0.2, -0.15) is 0 Å². The first kappa shape index (κ1) is 32.2. The summed E-state index contributed by atoms with van der Waals surface area (Å²) in [5.74, 6) is 0.558. The minimum absolute atomic E-state index is 0.108. The lowest BCUT2D eigenvalue weighted by molar-refractivity contribution is 0.669. The minimum atomic E-state index is 0.108. The highest BCUT2D eigenvalue weighted by molar-refractivity contribution is 6.21. The Morgan fingerprint density at radius 3 is 1.67 bits per heavy atom. The maximum atomic E-state index is 9.40. The van der Waals surface area contributed by atoms with Gasteiger partial charge in [-0.05, 0) is 96.5 Å². The van der Waals surface area contributed by atoms with E-state index >= 15 is 0 Å². The van der Waals surface area contributed by atoms with E-state index in [2.05, 4.69) is 146 Å². The van der Waals surface area contributed by atoms with Gasteiger partial charge in [-0.1, -0.05) is 152 Å². The van der Waals surface area contributed by atoms with E-state index in [1.165, 1.54) is 26.9 Å². The molecule has 1 N–H and O–H groups in total. The topological polar surface area (TPSA) is 61.7 Å². The van der Waals surface area contributed by atoms with Crippen LogP contribution in [-0.4, -0.2) is 17.9 Å². The van der Waals surface area contributed by atoms with Crippen molar-refractivity contribution in [2.75, 3.05) is 0 Å². The summed E-state index contributed by atoms with van der Waals surface area (Å²) < 4.78 is 6.43. The third-order valence-electron chi connectivity index (χ3n) is 10.4. The normalized spacial score (nSPS) is 12.1. The number of amidine groups is 2. The number of hydrogen-bond acceptors (Lipinski definition) is 2. The fourth-order valence-corrected chi connectivity index (χ4v) is 7.51. The van der Waals surface area contributed by atoms with Gasteiger partial charge in [0.25, 0.3) is 0 Å². The van der Waals surface area contributed by atoms with Crippen molar-refractivity contribution < 1.29 is 4.42 Å². The van der Waals surface area contributed by atoms with Gasteiger partial charge in [0.15, 0.2) is 11.7 Å². The molecule has 1 aromatic heterocycles. The molecule has 0 spiro atoms. The van der Waals surface area contributed by atoms with Crippen LogP contribution >= 0.6 is 0 Å². The lowest BCUT2D eigenvalue weighted by Crippen LogP contribution is -2.05. The van der Waals surface area contributed by atoms with Crippen LogP contribution in [0.3, 0.4) is 0 Å². The second-order valence-corrected chi connectivity index (χ2v) is 13.8. The maximum absolute atomic E-state index is 9.40. The molecule has 0 saturated heterocycles. The number of rotatable bonds is 5. The molecule has 4 nitrogen and oxygen atoms in total. The van der Waals surface area contributed by atoms with E-state index in [9.17, 15) is 5.41 Å². The molecule has 4 heteroatoms. The zero-order chi connectivity index (χ0) is 36.7. The molecule has 0 unspecified atom stereocenters. The fourth-order valence-electron chi connectivity index (χ4n) is 7.51. The van der Waals surface area contributed by atoms with Crippen LogP contribution in [0.1, 0.15) is 16.7 Å². The molecule has 258 valence electrons. The van der Waals surface area contributed by atoms with Crippen LogP contribution in [0.25, 0.3) is 76.5 Å². The van der Waals surface area contributed by atoms with Crippen molar-refractivity contribution in [2.45, 2.75) is 0 Å².